The molecule has 0 fully saturated rings. The van der Waals surface area contributed by atoms with E-state index in [0.717, 1.165) is 0 Å². The van der Waals surface area contributed by atoms with Crippen molar-refractivity contribution < 1.29 is 8.42 Å². The fraction of sp³-hybridized carbons (Fsp3) is 0.538. The molecular weight excluding hydrogens is 308 g/mol. The lowest BCUT2D eigenvalue weighted by atomic mass is 9.92. The number of hydrogen-bond acceptors (Lipinski definition) is 5. The highest BCUT2D eigenvalue weighted by Crippen LogP contribution is 2.30. The van der Waals surface area contributed by atoms with Crippen molar-refractivity contribution >= 4 is 26.5 Å². The molecule has 0 spiro atoms. The van der Waals surface area contributed by atoms with Crippen LogP contribution in [0, 0.1) is 0 Å². The van der Waals surface area contributed by atoms with E-state index in [9.17, 15) is 8.42 Å². The van der Waals surface area contributed by atoms with Crippen molar-refractivity contribution in [2.24, 2.45) is 0 Å². The molecule has 0 unspecified atom stereocenters. The summed E-state index contributed by atoms with van der Waals surface area (Å²) in [5.41, 5.74) is 0.188. The first-order valence-electron chi connectivity index (χ1n) is 6.63. The maximum atomic E-state index is 12.6. The number of aromatic nitrogens is 3. The van der Waals surface area contributed by atoms with Gasteiger partial charge in [0.1, 0.15) is 4.90 Å². The fourth-order valence-corrected chi connectivity index (χ4v) is 3.93. The van der Waals surface area contributed by atoms with Gasteiger partial charge in [0, 0.05) is 29.2 Å². The highest BCUT2D eigenvalue weighted by molar-refractivity contribution is 7.93. The molecule has 1 N–H and O–H groups in total. The summed E-state index contributed by atoms with van der Waals surface area (Å²) in [4.78, 5) is 4.17. The van der Waals surface area contributed by atoms with Crippen molar-refractivity contribution in [3.63, 3.8) is 0 Å². The van der Waals surface area contributed by atoms with Gasteiger partial charge in [-0.2, -0.15) is 5.10 Å². The van der Waals surface area contributed by atoms with Gasteiger partial charge in [0.25, 0.3) is 10.0 Å². The van der Waals surface area contributed by atoms with E-state index in [1.807, 2.05) is 34.6 Å². The van der Waals surface area contributed by atoms with Crippen molar-refractivity contribution in [2.75, 3.05) is 4.72 Å². The number of thiazole rings is 1. The second-order valence-electron chi connectivity index (χ2n) is 6.11. The van der Waals surface area contributed by atoms with Crippen LogP contribution in [0.3, 0.4) is 0 Å². The third kappa shape index (κ3) is 3.44. The normalized spacial score (nSPS) is 12.9. The number of anilines is 1. The van der Waals surface area contributed by atoms with Crippen molar-refractivity contribution in [2.45, 2.75) is 51.0 Å². The van der Waals surface area contributed by atoms with E-state index in [0.29, 0.717) is 10.8 Å². The molecular formula is C13H20N4O2S2. The first-order chi connectivity index (χ1) is 9.61. The molecule has 2 heterocycles. The Bertz CT molecular complexity index is 710. The van der Waals surface area contributed by atoms with Crippen LogP contribution in [0.4, 0.5) is 5.13 Å². The second kappa shape index (κ2) is 5.42. The molecule has 2 rings (SSSR count). The SMILES string of the molecule is CC(C)n1cc(S(=O)(=O)Nc2nccs2)c(C(C)(C)C)n1. The maximum Gasteiger partial charge on any atom is 0.267 e. The van der Waals surface area contributed by atoms with Gasteiger partial charge in [-0.15, -0.1) is 11.3 Å². The summed E-state index contributed by atoms with van der Waals surface area (Å²) in [7, 11) is -3.70. The lowest BCUT2D eigenvalue weighted by molar-refractivity contribution is 0.493. The topological polar surface area (TPSA) is 76.9 Å². The average Bonchev–Trinajstić information content (AvgIpc) is 2.94. The predicted octanol–water partition coefficient (Wildman–Crippen LogP) is 3.02. The van der Waals surface area contributed by atoms with E-state index in [-0.39, 0.29) is 16.4 Å². The van der Waals surface area contributed by atoms with E-state index in [1.54, 1.807) is 22.5 Å². The summed E-state index contributed by atoms with van der Waals surface area (Å²) in [6.07, 6.45) is 3.14. The van der Waals surface area contributed by atoms with E-state index in [4.69, 9.17) is 0 Å². The van der Waals surface area contributed by atoms with Crippen LogP contribution in [-0.2, 0) is 15.4 Å². The Labute approximate surface area is 129 Å². The summed E-state index contributed by atoms with van der Waals surface area (Å²) in [6.45, 7) is 9.77. The minimum absolute atomic E-state index is 0.0925. The average molecular weight is 328 g/mol. The van der Waals surface area contributed by atoms with Gasteiger partial charge in [-0.25, -0.2) is 13.4 Å². The molecule has 0 atom stereocenters. The van der Waals surface area contributed by atoms with Crippen molar-refractivity contribution in [3.8, 4) is 0 Å². The zero-order valence-electron chi connectivity index (χ0n) is 12.8. The van der Waals surface area contributed by atoms with E-state index in [1.165, 1.54) is 11.3 Å². The molecule has 0 bridgehead atoms. The molecule has 0 aromatic carbocycles. The quantitative estimate of drug-likeness (QED) is 0.936. The number of sulfonamides is 1. The molecule has 0 radical (unpaired) electrons. The van der Waals surface area contributed by atoms with E-state index >= 15 is 0 Å². The molecule has 0 amide bonds. The van der Waals surface area contributed by atoms with Gasteiger partial charge in [-0.1, -0.05) is 20.8 Å². The van der Waals surface area contributed by atoms with Crippen LogP contribution in [0.1, 0.15) is 46.4 Å². The Hall–Kier alpha value is -1.41. The van der Waals surface area contributed by atoms with Crippen LogP contribution in [0.2, 0.25) is 0 Å². The molecule has 6 nitrogen and oxygen atoms in total. The molecule has 2 aromatic rings. The minimum Gasteiger partial charge on any atom is -0.269 e. The molecule has 2 aromatic heterocycles. The molecule has 0 saturated heterocycles. The molecule has 0 aliphatic carbocycles. The second-order valence-corrected chi connectivity index (χ2v) is 8.65. The molecule has 116 valence electrons. The van der Waals surface area contributed by atoms with Gasteiger partial charge in [0.15, 0.2) is 5.13 Å². The third-order valence-electron chi connectivity index (χ3n) is 2.88. The Kier molecular flexibility index (Phi) is 4.12. The lowest BCUT2D eigenvalue weighted by Gasteiger charge is -2.17. The Morgan fingerprint density at radius 1 is 1.33 bits per heavy atom. The van der Waals surface area contributed by atoms with Gasteiger partial charge >= 0.3 is 0 Å². The number of nitrogens with one attached hydrogen (secondary N) is 1. The first kappa shape index (κ1) is 16.0. The number of hydrogen-bond donors (Lipinski definition) is 1. The third-order valence-corrected chi connectivity index (χ3v) is 5.04. The highest BCUT2D eigenvalue weighted by atomic mass is 32.2. The molecule has 0 saturated carbocycles. The number of rotatable bonds is 4. The van der Waals surface area contributed by atoms with Gasteiger partial charge in [0.2, 0.25) is 0 Å². The summed E-state index contributed by atoms with van der Waals surface area (Å²) in [6, 6.07) is 0.0925. The summed E-state index contributed by atoms with van der Waals surface area (Å²) in [5.74, 6) is 0. The van der Waals surface area contributed by atoms with Gasteiger partial charge in [-0.05, 0) is 13.8 Å². The summed E-state index contributed by atoms with van der Waals surface area (Å²) >= 11 is 1.24. The Balaban J connectivity index is 2.51. The van der Waals surface area contributed by atoms with E-state index < -0.39 is 10.0 Å². The summed E-state index contributed by atoms with van der Waals surface area (Å²) in [5, 5.41) is 6.53. The van der Waals surface area contributed by atoms with Crippen LogP contribution in [0.15, 0.2) is 22.7 Å². The van der Waals surface area contributed by atoms with Gasteiger partial charge in [0.05, 0.1) is 5.69 Å². The monoisotopic (exact) mass is 328 g/mol. The zero-order chi connectivity index (χ0) is 15.8. The van der Waals surface area contributed by atoms with Gasteiger partial charge < -0.3 is 0 Å². The number of nitrogens with zero attached hydrogens (tertiary/aromatic N) is 3. The zero-order valence-corrected chi connectivity index (χ0v) is 14.4. The maximum absolute atomic E-state index is 12.6. The minimum atomic E-state index is -3.70. The predicted molar refractivity (Wildman–Crippen MR) is 84.2 cm³/mol. The van der Waals surface area contributed by atoms with E-state index in [2.05, 4.69) is 14.8 Å². The van der Waals surface area contributed by atoms with Crippen LogP contribution >= 0.6 is 11.3 Å². The van der Waals surface area contributed by atoms with Gasteiger partial charge in [-0.3, -0.25) is 9.40 Å². The van der Waals surface area contributed by atoms with Crippen molar-refractivity contribution in [3.05, 3.63) is 23.5 Å². The fourth-order valence-electron chi connectivity index (χ4n) is 1.80. The van der Waals surface area contributed by atoms with Crippen molar-refractivity contribution in [1.29, 1.82) is 0 Å². The molecule has 21 heavy (non-hydrogen) atoms. The summed E-state index contributed by atoms with van der Waals surface area (Å²) < 4.78 is 29.4. The lowest BCUT2D eigenvalue weighted by Crippen LogP contribution is -2.20. The van der Waals surface area contributed by atoms with Crippen molar-refractivity contribution in [1.82, 2.24) is 14.8 Å². The Morgan fingerprint density at radius 3 is 2.48 bits per heavy atom. The van der Waals surface area contributed by atoms with Crippen LogP contribution in [0.25, 0.3) is 0 Å². The standard InChI is InChI=1S/C13H20N4O2S2/c1-9(2)17-8-10(11(15-17)13(3,4)5)21(18,19)16-12-14-6-7-20-12/h6-9H,1-5H3,(H,14,16). The largest absolute Gasteiger partial charge is 0.269 e. The van der Waals surface area contributed by atoms with Crippen LogP contribution < -0.4 is 4.72 Å². The Morgan fingerprint density at radius 2 is 2.00 bits per heavy atom. The molecule has 8 heteroatoms. The van der Waals surface area contributed by atoms with Crippen LogP contribution in [0.5, 0.6) is 0 Å². The smallest absolute Gasteiger partial charge is 0.267 e. The first-order valence-corrected chi connectivity index (χ1v) is 8.99. The highest BCUT2D eigenvalue weighted by Gasteiger charge is 2.30. The molecule has 0 aliphatic rings. The molecule has 0 aliphatic heterocycles. The van der Waals surface area contributed by atoms with Crippen LogP contribution in [-0.4, -0.2) is 23.2 Å².